The number of hydrogen-bond donors (Lipinski definition) is 3. The summed E-state index contributed by atoms with van der Waals surface area (Å²) in [6, 6.07) is 5.94. The van der Waals surface area contributed by atoms with Crippen LogP contribution in [0.3, 0.4) is 0 Å². The van der Waals surface area contributed by atoms with Gasteiger partial charge in [-0.1, -0.05) is 17.4 Å². The van der Waals surface area contributed by atoms with Gasteiger partial charge >= 0.3 is 5.97 Å². The van der Waals surface area contributed by atoms with Gasteiger partial charge in [0.05, 0.1) is 7.11 Å². The normalized spacial score (nSPS) is 17.7. The molecule has 0 bridgehead atoms. The smallest absolute Gasteiger partial charge is 0.326 e. The van der Waals surface area contributed by atoms with Gasteiger partial charge in [0.15, 0.2) is 17.4 Å². The highest BCUT2D eigenvalue weighted by Gasteiger charge is 2.40. The fourth-order valence-electron chi connectivity index (χ4n) is 3.98. The van der Waals surface area contributed by atoms with Crippen LogP contribution in [-0.4, -0.2) is 64.6 Å². The Morgan fingerprint density at radius 3 is 2.87 bits per heavy atom. The first-order chi connectivity index (χ1) is 14.9. The standard InChI is InChI=1S/C19H25N7O4S/c1-29-13-3-2-4-14-12(13)5-6-19(30-14)7-9-25(10-8-19)18-23-22-17(31-18)16(20)24-26(21)11-15(27)28/h2-4H,5-11,21H2,1H3,(H2,20,24)(H,27,28). The Morgan fingerprint density at radius 2 is 2.16 bits per heavy atom. The number of hydrogen-bond acceptors (Lipinski definition) is 10. The summed E-state index contributed by atoms with van der Waals surface area (Å²) in [6.07, 6.45) is 3.63. The third-order valence-electron chi connectivity index (χ3n) is 5.58. The van der Waals surface area contributed by atoms with Crippen molar-refractivity contribution in [1.29, 1.82) is 0 Å². The van der Waals surface area contributed by atoms with E-state index in [0.717, 1.165) is 66.1 Å². The van der Waals surface area contributed by atoms with Crippen LogP contribution in [-0.2, 0) is 11.2 Å². The van der Waals surface area contributed by atoms with Gasteiger partial charge in [0.25, 0.3) is 0 Å². The Hall–Kier alpha value is -3.12. The maximum Gasteiger partial charge on any atom is 0.326 e. The minimum Gasteiger partial charge on any atom is -0.496 e. The molecular formula is C19H25N7O4S. The summed E-state index contributed by atoms with van der Waals surface area (Å²) in [6.45, 7) is 1.11. The number of rotatable bonds is 6. The van der Waals surface area contributed by atoms with Gasteiger partial charge in [-0.25, -0.2) is 11.0 Å². The molecule has 0 radical (unpaired) electrons. The number of methoxy groups -OCH3 is 1. The van der Waals surface area contributed by atoms with E-state index in [9.17, 15) is 4.79 Å². The molecule has 12 heteroatoms. The summed E-state index contributed by atoms with van der Waals surface area (Å²) >= 11 is 1.30. The first kappa shape index (κ1) is 21.1. The molecule has 0 amide bonds. The Balaban J connectivity index is 1.40. The Labute approximate surface area is 183 Å². The van der Waals surface area contributed by atoms with Crippen molar-refractivity contribution in [2.45, 2.75) is 31.3 Å². The number of carboxylic acids is 1. The molecule has 5 N–H and O–H groups in total. The van der Waals surface area contributed by atoms with E-state index in [1.54, 1.807) is 7.11 Å². The molecule has 0 unspecified atom stereocenters. The van der Waals surface area contributed by atoms with Gasteiger partial charge in [0.1, 0.15) is 17.1 Å². The first-order valence-corrected chi connectivity index (χ1v) is 10.7. The van der Waals surface area contributed by atoms with Crippen molar-refractivity contribution in [3.63, 3.8) is 0 Å². The molecule has 1 aromatic heterocycles. The average molecular weight is 448 g/mol. The second-order valence-corrected chi connectivity index (χ2v) is 8.53. The Kier molecular flexibility index (Phi) is 5.83. The molecule has 1 aromatic carbocycles. The van der Waals surface area contributed by atoms with Crippen molar-refractivity contribution in [3.8, 4) is 11.5 Å². The van der Waals surface area contributed by atoms with Crippen molar-refractivity contribution in [1.82, 2.24) is 15.3 Å². The topological polar surface area (TPSA) is 152 Å². The van der Waals surface area contributed by atoms with Crippen molar-refractivity contribution in [2.24, 2.45) is 16.7 Å². The van der Waals surface area contributed by atoms with E-state index in [4.69, 9.17) is 26.2 Å². The molecule has 2 aliphatic rings. The molecule has 31 heavy (non-hydrogen) atoms. The van der Waals surface area contributed by atoms with E-state index in [2.05, 4.69) is 20.2 Å². The SMILES string of the molecule is COc1cccc2c1CCC1(CCN(c3nnc(/C(N)=N/N(N)CC(=O)O)s3)CC1)O2. The van der Waals surface area contributed by atoms with Crippen LogP contribution < -0.4 is 25.9 Å². The van der Waals surface area contributed by atoms with Crippen LogP contribution in [0.1, 0.15) is 29.8 Å². The van der Waals surface area contributed by atoms with Crippen LogP contribution in [0.2, 0.25) is 0 Å². The van der Waals surface area contributed by atoms with Crippen molar-refractivity contribution in [2.75, 3.05) is 31.6 Å². The monoisotopic (exact) mass is 447 g/mol. The number of carbonyl (C=O) groups is 1. The number of fused-ring (bicyclic) bond motifs is 1. The average Bonchev–Trinajstić information content (AvgIpc) is 3.23. The summed E-state index contributed by atoms with van der Waals surface area (Å²) in [7, 11) is 1.68. The molecule has 0 aliphatic carbocycles. The lowest BCUT2D eigenvalue weighted by Crippen LogP contribution is -2.49. The molecule has 3 heterocycles. The molecular weight excluding hydrogens is 422 g/mol. The molecule has 0 atom stereocenters. The van der Waals surface area contributed by atoms with Crippen LogP contribution in [0.4, 0.5) is 5.13 Å². The second kappa shape index (κ2) is 8.55. The summed E-state index contributed by atoms with van der Waals surface area (Å²) < 4.78 is 11.9. The lowest BCUT2D eigenvalue weighted by molar-refractivity contribution is -0.138. The number of nitrogens with zero attached hydrogens (tertiary/aromatic N) is 5. The summed E-state index contributed by atoms with van der Waals surface area (Å²) in [4.78, 5) is 12.8. The molecule has 4 rings (SSSR count). The van der Waals surface area contributed by atoms with Gasteiger partial charge in [-0.3, -0.25) is 4.79 Å². The molecule has 1 saturated heterocycles. The fourth-order valence-corrected chi connectivity index (χ4v) is 4.77. The van der Waals surface area contributed by atoms with Gasteiger partial charge in [-0.15, -0.1) is 15.3 Å². The highest BCUT2D eigenvalue weighted by molar-refractivity contribution is 7.17. The van der Waals surface area contributed by atoms with E-state index in [1.165, 1.54) is 11.3 Å². The summed E-state index contributed by atoms with van der Waals surface area (Å²) in [5.41, 5.74) is 6.85. The zero-order valence-corrected chi connectivity index (χ0v) is 18.0. The highest BCUT2D eigenvalue weighted by atomic mass is 32.1. The number of ether oxygens (including phenoxy) is 2. The van der Waals surface area contributed by atoms with Crippen molar-refractivity contribution in [3.05, 3.63) is 28.8 Å². The van der Waals surface area contributed by atoms with Gasteiger partial charge in [-0.2, -0.15) is 0 Å². The fraction of sp³-hybridized carbons (Fsp3) is 0.474. The number of anilines is 1. The third kappa shape index (κ3) is 4.49. The van der Waals surface area contributed by atoms with Crippen LogP contribution in [0.25, 0.3) is 0 Å². The second-order valence-electron chi connectivity index (χ2n) is 7.58. The highest BCUT2D eigenvalue weighted by Crippen LogP contribution is 2.43. The number of carboxylic acid groups (broad SMARTS) is 1. The maximum atomic E-state index is 10.7. The minimum atomic E-state index is -1.11. The summed E-state index contributed by atoms with van der Waals surface area (Å²) in [5.74, 6) is 6.22. The maximum absolute atomic E-state index is 10.7. The molecule has 11 nitrogen and oxygen atoms in total. The number of hydrazine groups is 1. The van der Waals surface area contributed by atoms with Crippen molar-refractivity contribution >= 4 is 28.3 Å². The quantitative estimate of drug-likeness (QED) is 0.251. The molecule has 1 spiro atoms. The largest absolute Gasteiger partial charge is 0.496 e. The van der Waals surface area contributed by atoms with E-state index in [0.29, 0.717) is 5.01 Å². The lowest BCUT2D eigenvalue weighted by Gasteiger charge is -2.44. The van der Waals surface area contributed by atoms with E-state index >= 15 is 0 Å². The van der Waals surface area contributed by atoms with Crippen LogP contribution in [0.15, 0.2) is 23.3 Å². The molecule has 2 aromatic rings. The number of amidine groups is 1. The van der Waals surface area contributed by atoms with Crippen LogP contribution >= 0.6 is 11.3 Å². The number of piperidine rings is 1. The molecule has 166 valence electrons. The molecule has 2 aliphatic heterocycles. The number of benzene rings is 1. The Morgan fingerprint density at radius 1 is 1.39 bits per heavy atom. The van der Waals surface area contributed by atoms with Gasteiger partial charge < -0.3 is 25.2 Å². The van der Waals surface area contributed by atoms with Gasteiger partial charge in [0, 0.05) is 31.5 Å². The third-order valence-corrected chi connectivity index (χ3v) is 6.59. The van der Waals surface area contributed by atoms with Crippen LogP contribution in [0.5, 0.6) is 11.5 Å². The van der Waals surface area contributed by atoms with E-state index in [1.807, 2.05) is 18.2 Å². The van der Waals surface area contributed by atoms with E-state index in [-0.39, 0.29) is 11.4 Å². The minimum absolute atomic E-state index is 0.0298. The van der Waals surface area contributed by atoms with Crippen LogP contribution in [0, 0.1) is 0 Å². The Bertz CT molecular complexity index is 987. The van der Waals surface area contributed by atoms with Gasteiger partial charge in [0.2, 0.25) is 5.13 Å². The summed E-state index contributed by atoms with van der Waals surface area (Å²) in [5, 5.41) is 22.8. The molecule has 1 fully saturated rings. The predicted octanol–water partition coefficient (Wildman–Crippen LogP) is 0.792. The number of aromatic nitrogens is 2. The number of hydrazone groups is 1. The van der Waals surface area contributed by atoms with Gasteiger partial charge in [-0.05, 0) is 25.0 Å². The van der Waals surface area contributed by atoms with Crippen molar-refractivity contribution < 1.29 is 19.4 Å². The number of nitrogens with two attached hydrogens (primary N) is 2. The zero-order chi connectivity index (χ0) is 22.0. The molecule has 0 saturated carbocycles. The predicted molar refractivity (Wildman–Crippen MR) is 115 cm³/mol. The number of aliphatic carboxylic acids is 1. The lowest BCUT2D eigenvalue weighted by atomic mass is 9.83. The first-order valence-electron chi connectivity index (χ1n) is 9.91. The zero-order valence-electron chi connectivity index (χ0n) is 17.2. The van der Waals surface area contributed by atoms with E-state index < -0.39 is 12.5 Å².